The third kappa shape index (κ3) is 2.03. The lowest BCUT2D eigenvalue weighted by Gasteiger charge is -2.03. The molecule has 0 atom stereocenters. The second-order valence-corrected chi connectivity index (χ2v) is 5.06. The smallest absolute Gasteiger partial charge is 0.180 e. The Morgan fingerprint density at radius 1 is 1.47 bits per heavy atom. The maximum absolute atomic E-state index is 13.6. The summed E-state index contributed by atoms with van der Waals surface area (Å²) in [6, 6.07) is 3.24. The number of nitrogens with zero attached hydrogens (tertiary/aromatic N) is 1. The van der Waals surface area contributed by atoms with Gasteiger partial charge in [0.1, 0.15) is 5.82 Å². The van der Waals surface area contributed by atoms with Crippen molar-refractivity contribution in [3.05, 3.63) is 34.2 Å². The zero-order valence-corrected chi connectivity index (χ0v) is 10.3. The Balaban J connectivity index is 2.58. The molecule has 1 aromatic heterocycles. The molecule has 0 aliphatic carbocycles. The molecule has 1 heterocycles. The molecule has 0 aliphatic heterocycles. The maximum Gasteiger partial charge on any atom is 0.180 e. The van der Waals surface area contributed by atoms with E-state index >= 15 is 0 Å². The summed E-state index contributed by atoms with van der Waals surface area (Å²) in [7, 11) is 0. The van der Waals surface area contributed by atoms with Gasteiger partial charge in [0, 0.05) is 16.2 Å². The van der Waals surface area contributed by atoms with E-state index in [1.807, 2.05) is 6.92 Å². The number of hydrogen-bond donors (Lipinski definition) is 1. The normalized spacial score (nSPS) is 10.6. The molecule has 0 unspecified atom stereocenters. The van der Waals surface area contributed by atoms with Crippen LogP contribution < -0.4 is 5.73 Å². The Bertz CT molecular complexity index is 510. The van der Waals surface area contributed by atoms with Gasteiger partial charge >= 0.3 is 0 Å². The van der Waals surface area contributed by atoms with Gasteiger partial charge in [0.15, 0.2) is 5.13 Å². The number of rotatable bonds is 1. The van der Waals surface area contributed by atoms with Crippen LogP contribution >= 0.6 is 27.3 Å². The van der Waals surface area contributed by atoms with Gasteiger partial charge in [-0.3, -0.25) is 0 Å². The Hall–Kier alpha value is -0.940. The molecule has 1 aromatic carbocycles. The van der Waals surface area contributed by atoms with E-state index < -0.39 is 0 Å². The lowest BCUT2D eigenvalue weighted by atomic mass is 10.1. The first kappa shape index (κ1) is 10.6. The van der Waals surface area contributed by atoms with E-state index in [0.717, 1.165) is 14.9 Å². The van der Waals surface area contributed by atoms with E-state index in [4.69, 9.17) is 5.73 Å². The summed E-state index contributed by atoms with van der Waals surface area (Å²) in [4.78, 5) is 4.64. The van der Waals surface area contributed by atoms with Crippen LogP contribution in [0.15, 0.2) is 22.8 Å². The van der Waals surface area contributed by atoms with Crippen molar-refractivity contribution in [1.29, 1.82) is 0 Å². The summed E-state index contributed by atoms with van der Waals surface area (Å²) >= 11 is 4.65. The van der Waals surface area contributed by atoms with E-state index in [-0.39, 0.29) is 5.82 Å². The number of hydrogen-bond acceptors (Lipinski definition) is 3. The van der Waals surface area contributed by atoms with Crippen molar-refractivity contribution < 1.29 is 4.39 Å². The zero-order valence-electron chi connectivity index (χ0n) is 7.92. The van der Waals surface area contributed by atoms with Crippen LogP contribution in [0.25, 0.3) is 10.4 Å². The molecular formula is C10H8BrFN2S. The minimum absolute atomic E-state index is 0.251. The SMILES string of the molecule is Cc1cc(F)c(-c2cnc(N)s2)cc1Br. The van der Waals surface area contributed by atoms with Gasteiger partial charge in [-0.2, -0.15) is 0 Å². The highest BCUT2D eigenvalue weighted by atomic mass is 79.9. The lowest BCUT2D eigenvalue weighted by molar-refractivity contribution is 0.630. The molecule has 0 spiro atoms. The van der Waals surface area contributed by atoms with Crippen LogP contribution in [0.1, 0.15) is 5.56 Å². The molecule has 0 fully saturated rings. The molecule has 78 valence electrons. The molecular weight excluding hydrogens is 279 g/mol. The average molecular weight is 287 g/mol. The first-order valence-electron chi connectivity index (χ1n) is 4.25. The summed E-state index contributed by atoms with van der Waals surface area (Å²) < 4.78 is 14.5. The molecule has 0 amide bonds. The number of halogens is 2. The fourth-order valence-corrected chi connectivity index (χ4v) is 2.29. The van der Waals surface area contributed by atoms with Gasteiger partial charge in [-0.25, -0.2) is 9.37 Å². The van der Waals surface area contributed by atoms with Crippen molar-refractivity contribution in [1.82, 2.24) is 4.98 Å². The average Bonchev–Trinajstić information content (AvgIpc) is 2.58. The summed E-state index contributed by atoms with van der Waals surface area (Å²) in [6.45, 7) is 1.85. The highest BCUT2D eigenvalue weighted by Gasteiger charge is 2.10. The predicted molar refractivity (Wildman–Crippen MR) is 64.4 cm³/mol. The molecule has 0 saturated carbocycles. The molecule has 2 rings (SSSR count). The number of benzene rings is 1. The van der Waals surface area contributed by atoms with Gasteiger partial charge in [0.2, 0.25) is 0 Å². The monoisotopic (exact) mass is 286 g/mol. The number of aryl methyl sites for hydroxylation is 1. The topological polar surface area (TPSA) is 38.9 Å². The largest absolute Gasteiger partial charge is 0.375 e. The summed E-state index contributed by atoms with van der Waals surface area (Å²) in [5.74, 6) is -0.251. The van der Waals surface area contributed by atoms with E-state index in [1.165, 1.54) is 17.4 Å². The molecule has 15 heavy (non-hydrogen) atoms. The quantitative estimate of drug-likeness (QED) is 0.870. The second-order valence-electron chi connectivity index (χ2n) is 3.14. The number of anilines is 1. The second kappa shape index (κ2) is 3.90. The molecule has 2 nitrogen and oxygen atoms in total. The first-order valence-corrected chi connectivity index (χ1v) is 5.86. The third-order valence-corrected chi connectivity index (χ3v) is 3.75. The number of nitrogen functional groups attached to an aromatic ring is 1. The molecule has 2 aromatic rings. The highest BCUT2D eigenvalue weighted by molar-refractivity contribution is 9.10. The minimum Gasteiger partial charge on any atom is -0.375 e. The maximum atomic E-state index is 13.6. The Morgan fingerprint density at radius 2 is 2.20 bits per heavy atom. The van der Waals surface area contributed by atoms with Crippen molar-refractivity contribution in [2.75, 3.05) is 5.73 Å². The minimum atomic E-state index is -0.251. The van der Waals surface area contributed by atoms with Crippen molar-refractivity contribution in [2.45, 2.75) is 6.92 Å². The predicted octanol–water partition coefficient (Wildman–Crippen LogP) is 3.60. The fraction of sp³-hybridized carbons (Fsp3) is 0.100. The Kier molecular flexibility index (Phi) is 2.75. The summed E-state index contributed by atoms with van der Waals surface area (Å²) in [6.07, 6.45) is 1.58. The van der Waals surface area contributed by atoms with Crippen LogP contribution in [0.3, 0.4) is 0 Å². The molecule has 2 N–H and O–H groups in total. The zero-order chi connectivity index (χ0) is 11.0. The van der Waals surface area contributed by atoms with E-state index in [0.29, 0.717) is 10.7 Å². The van der Waals surface area contributed by atoms with Crippen molar-refractivity contribution in [2.24, 2.45) is 0 Å². The summed E-state index contributed by atoms with van der Waals surface area (Å²) in [5.41, 5.74) is 6.91. The van der Waals surface area contributed by atoms with Crippen molar-refractivity contribution in [3.8, 4) is 10.4 Å². The van der Waals surface area contributed by atoms with Crippen molar-refractivity contribution >= 4 is 32.4 Å². The molecule has 5 heteroatoms. The van der Waals surface area contributed by atoms with Crippen LogP contribution in [0, 0.1) is 12.7 Å². The standard InChI is InChI=1S/C10H8BrFN2S/c1-5-2-8(12)6(3-7(5)11)9-4-14-10(13)15-9/h2-4H,1H3,(H2,13,14). The highest BCUT2D eigenvalue weighted by Crippen LogP contribution is 2.32. The van der Waals surface area contributed by atoms with Gasteiger partial charge < -0.3 is 5.73 Å². The van der Waals surface area contributed by atoms with Crippen molar-refractivity contribution in [3.63, 3.8) is 0 Å². The summed E-state index contributed by atoms with van der Waals surface area (Å²) in [5, 5.41) is 0.445. The third-order valence-electron chi connectivity index (χ3n) is 2.04. The fourth-order valence-electron chi connectivity index (χ4n) is 1.25. The molecule has 0 radical (unpaired) electrons. The number of thiazole rings is 1. The van der Waals surface area contributed by atoms with Gasteiger partial charge in [0.05, 0.1) is 4.88 Å². The number of nitrogens with two attached hydrogens (primary N) is 1. The van der Waals surface area contributed by atoms with E-state index in [9.17, 15) is 4.39 Å². The van der Waals surface area contributed by atoms with Gasteiger partial charge in [-0.15, -0.1) is 0 Å². The van der Waals surface area contributed by atoms with Crippen LogP contribution in [-0.2, 0) is 0 Å². The van der Waals surface area contributed by atoms with Crippen LogP contribution in [0.4, 0.5) is 9.52 Å². The molecule has 0 aliphatic rings. The van der Waals surface area contributed by atoms with Gasteiger partial charge in [0.25, 0.3) is 0 Å². The molecule has 0 saturated heterocycles. The lowest BCUT2D eigenvalue weighted by Crippen LogP contribution is -1.85. The van der Waals surface area contributed by atoms with Crippen LogP contribution in [0.5, 0.6) is 0 Å². The van der Waals surface area contributed by atoms with Crippen LogP contribution in [0.2, 0.25) is 0 Å². The van der Waals surface area contributed by atoms with Crippen LogP contribution in [-0.4, -0.2) is 4.98 Å². The van der Waals surface area contributed by atoms with Gasteiger partial charge in [-0.05, 0) is 24.6 Å². The molecule has 0 bridgehead atoms. The first-order chi connectivity index (χ1) is 7.08. The number of aromatic nitrogens is 1. The van der Waals surface area contributed by atoms with Gasteiger partial charge in [-0.1, -0.05) is 27.3 Å². The van der Waals surface area contributed by atoms with E-state index in [1.54, 1.807) is 12.3 Å². The Morgan fingerprint density at radius 3 is 2.80 bits per heavy atom. The van der Waals surface area contributed by atoms with E-state index in [2.05, 4.69) is 20.9 Å². The Labute approximate surface area is 99.1 Å².